The van der Waals surface area contributed by atoms with Gasteiger partial charge < -0.3 is 5.32 Å². The molecule has 0 aromatic carbocycles. The number of rotatable bonds is 4. The van der Waals surface area contributed by atoms with Crippen molar-refractivity contribution in [2.75, 3.05) is 11.9 Å². The fourth-order valence-electron chi connectivity index (χ4n) is 1.85. The van der Waals surface area contributed by atoms with Gasteiger partial charge in [0.1, 0.15) is 11.5 Å². The SMILES string of the molecule is CC(C)CNc1ccc2nnc(-c3ccccn3)n2n1. The average molecular weight is 268 g/mol. The summed E-state index contributed by atoms with van der Waals surface area (Å²) in [5.74, 6) is 2.01. The van der Waals surface area contributed by atoms with Gasteiger partial charge in [0.15, 0.2) is 5.65 Å². The molecule has 0 amide bonds. The Bertz CT molecular complexity index is 704. The lowest BCUT2D eigenvalue weighted by molar-refractivity contribution is 0.685. The molecule has 0 aliphatic carbocycles. The third-order valence-electron chi connectivity index (χ3n) is 2.85. The Morgan fingerprint density at radius 1 is 1.15 bits per heavy atom. The van der Waals surface area contributed by atoms with Gasteiger partial charge in [-0.25, -0.2) is 0 Å². The van der Waals surface area contributed by atoms with Crippen molar-refractivity contribution in [1.82, 2.24) is 24.8 Å². The number of hydrogen-bond acceptors (Lipinski definition) is 5. The summed E-state index contributed by atoms with van der Waals surface area (Å²) in [5, 5.41) is 16.1. The molecule has 3 heterocycles. The Hall–Kier alpha value is -2.50. The first-order valence-corrected chi connectivity index (χ1v) is 6.62. The van der Waals surface area contributed by atoms with Gasteiger partial charge in [0.25, 0.3) is 0 Å². The highest BCUT2D eigenvalue weighted by molar-refractivity contribution is 5.55. The summed E-state index contributed by atoms with van der Waals surface area (Å²) < 4.78 is 1.71. The Kier molecular flexibility index (Phi) is 3.28. The molecule has 0 atom stereocenters. The fraction of sp³-hybridized carbons (Fsp3) is 0.286. The van der Waals surface area contributed by atoms with Gasteiger partial charge in [-0.05, 0) is 30.2 Å². The highest BCUT2D eigenvalue weighted by atomic mass is 15.4. The van der Waals surface area contributed by atoms with Crippen molar-refractivity contribution in [3.63, 3.8) is 0 Å². The fourth-order valence-corrected chi connectivity index (χ4v) is 1.85. The van der Waals surface area contributed by atoms with Crippen LogP contribution in [0.4, 0.5) is 5.82 Å². The van der Waals surface area contributed by atoms with Crippen molar-refractivity contribution in [2.24, 2.45) is 5.92 Å². The van der Waals surface area contributed by atoms with Gasteiger partial charge in [-0.2, -0.15) is 4.52 Å². The first kappa shape index (κ1) is 12.5. The Morgan fingerprint density at radius 2 is 2.05 bits per heavy atom. The quantitative estimate of drug-likeness (QED) is 0.786. The number of nitrogens with zero attached hydrogens (tertiary/aromatic N) is 5. The minimum atomic E-state index is 0.559. The van der Waals surface area contributed by atoms with Gasteiger partial charge in [-0.15, -0.1) is 15.3 Å². The summed E-state index contributed by atoms with van der Waals surface area (Å²) in [6.07, 6.45) is 1.73. The van der Waals surface area contributed by atoms with Crippen LogP contribution in [0.3, 0.4) is 0 Å². The van der Waals surface area contributed by atoms with Gasteiger partial charge in [0.05, 0.1) is 0 Å². The maximum atomic E-state index is 4.52. The number of pyridine rings is 1. The molecule has 3 aromatic heterocycles. The minimum absolute atomic E-state index is 0.559. The van der Waals surface area contributed by atoms with E-state index in [4.69, 9.17) is 0 Å². The Morgan fingerprint density at radius 3 is 2.80 bits per heavy atom. The molecule has 0 radical (unpaired) electrons. The van der Waals surface area contributed by atoms with Crippen molar-refractivity contribution in [2.45, 2.75) is 13.8 Å². The zero-order valence-electron chi connectivity index (χ0n) is 11.5. The van der Waals surface area contributed by atoms with Gasteiger partial charge in [0, 0.05) is 12.7 Å². The second kappa shape index (κ2) is 5.24. The third kappa shape index (κ3) is 2.45. The summed E-state index contributed by atoms with van der Waals surface area (Å²) in [4.78, 5) is 4.29. The standard InChI is InChI=1S/C14H16N6/c1-10(2)9-16-12-6-7-13-17-18-14(20(13)19-12)11-5-3-4-8-15-11/h3-8,10H,9H2,1-2H3,(H,16,19). The predicted molar refractivity (Wildman–Crippen MR) is 77.3 cm³/mol. The lowest BCUT2D eigenvalue weighted by Crippen LogP contribution is -2.10. The van der Waals surface area contributed by atoms with E-state index in [1.165, 1.54) is 0 Å². The van der Waals surface area contributed by atoms with E-state index < -0.39 is 0 Å². The van der Waals surface area contributed by atoms with Crippen LogP contribution in [0, 0.1) is 5.92 Å². The molecule has 1 N–H and O–H groups in total. The van der Waals surface area contributed by atoms with E-state index >= 15 is 0 Å². The highest BCUT2D eigenvalue weighted by Gasteiger charge is 2.10. The maximum Gasteiger partial charge on any atom is 0.203 e. The van der Waals surface area contributed by atoms with E-state index in [2.05, 4.69) is 39.4 Å². The second-order valence-corrected chi connectivity index (χ2v) is 5.00. The predicted octanol–water partition coefficient (Wildman–Crippen LogP) is 2.25. The van der Waals surface area contributed by atoms with E-state index in [1.807, 2.05) is 30.3 Å². The molecule has 20 heavy (non-hydrogen) atoms. The molecule has 3 rings (SSSR count). The molecule has 0 bridgehead atoms. The minimum Gasteiger partial charge on any atom is -0.368 e. The largest absolute Gasteiger partial charge is 0.368 e. The van der Waals surface area contributed by atoms with Gasteiger partial charge >= 0.3 is 0 Å². The van der Waals surface area contributed by atoms with E-state index in [9.17, 15) is 0 Å². The third-order valence-corrected chi connectivity index (χ3v) is 2.85. The van der Waals surface area contributed by atoms with Crippen LogP contribution in [0.2, 0.25) is 0 Å². The molecule has 6 nitrogen and oxygen atoms in total. The topological polar surface area (TPSA) is 68.0 Å². The summed E-state index contributed by atoms with van der Waals surface area (Å²) in [6, 6.07) is 9.50. The lowest BCUT2D eigenvalue weighted by Gasteiger charge is -2.08. The molecule has 0 fully saturated rings. The van der Waals surface area contributed by atoms with E-state index in [1.54, 1.807) is 10.7 Å². The van der Waals surface area contributed by atoms with Crippen LogP contribution < -0.4 is 5.32 Å². The molecule has 0 spiro atoms. The Balaban J connectivity index is 2.00. The van der Waals surface area contributed by atoms with E-state index in [0.717, 1.165) is 18.1 Å². The van der Waals surface area contributed by atoms with Crippen LogP contribution in [0.1, 0.15) is 13.8 Å². The summed E-state index contributed by atoms with van der Waals surface area (Å²) in [6.45, 7) is 5.19. The average Bonchev–Trinajstić information content (AvgIpc) is 2.89. The van der Waals surface area contributed by atoms with Crippen LogP contribution in [0.5, 0.6) is 0 Å². The van der Waals surface area contributed by atoms with Crippen LogP contribution in [-0.2, 0) is 0 Å². The van der Waals surface area contributed by atoms with E-state index in [0.29, 0.717) is 17.4 Å². The van der Waals surface area contributed by atoms with Crippen molar-refractivity contribution >= 4 is 11.5 Å². The van der Waals surface area contributed by atoms with Crippen LogP contribution in [-0.4, -0.2) is 31.3 Å². The highest BCUT2D eigenvalue weighted by Crippen LogP contribution is 2.15. The van der Waals surface area contributed by atoms with Gasteiger partial charge in [0.2, 0.25) is 5.82 Å². The molecular formula is C14H16N6. The second-order valence-electron chi connectivity index (χ2n) is 5.00. The molecule has 0 aliphatic rings. The van der Waals surface area contributed by atoms with Crippen LogP contribution in [0.15, 0.2) is 36.5 Å². The zero-order chi connectivity index (χ0) is 13.9. The first-order chi connectivity index (χ1) is 9.74. The monoisotopic (exact) mass is 268 g/mol. The molecule has 0 aliphatic heterocycles. The van der Waals surface area contributed by atoms with Crippen molar-refractivity contribution in [1.29, 1.82) is 0 Å². The number of nitrogens with one attached hydrogen (secondary N) is 1. The molecule has 0 saturated heterocycles. The number of aromatic nitrogens is 5. The Labute approximate surface area is 116 Å². The van der Waals surface area contributed by atoms with Crippen molar-refractivity contribution in [3.8, 4) is 11.5 Å². The van der Waals surface area contributed by atoms with Crippen LogP contribution >= 0.6 is 0 Å². The number of hydrogen-bond donors (Lipinski definition) is 1. The summed E-state index contributed by atoms with van der Waals surface area (Å²) in [7, 11) is 0. The molecule has 6 heteroatoms. The molecule has 102 valence electrons. The zero-order valence-corrected chi connectivity index (χ0v) is 11.5. The van der Waals surface area contributed by atoms with Crippen LogP contribution in [0.25, 0.3) is 17.2 Å². The van der Waals surface area contributed by atoms with Crippen molar-refractivity contribution < 1.29 is 0 Å². The molecule has 0 saturated carbocycles. The smallest absolute Gasteiger partial charge is 0.203 e. The summed E-state index contributed by atoms with van der Waals surface area (Å²) in [5.41, 5.74) is 1.47. The lowest BCUT2D eigenvalue weighted by atomic mass is 10.2. The molecule has 0 unspecified atom stereocenters. The number of fused-ring (bicyclic) bond motifs is 1. The van der Waals surface area contributed by atoms with E-state index in [-0.39, 0.29) is 0 Å². The summed E-state index contributed by atoms with van der Waals surface area (Å²) >= 11 is 0. The molecular weight excluding hydrogens is 252 g/mol. The molecule has 3 aromatic rings. The van der Waals surface area contributed by atoms with Gasteiger partial charge in [-0.1, -0.05) is 19.9 Å². The van der Waals surface area contributed by atoms with Gasteiger partial charge in [-0.3, -0.25) is 4.98 Å². The first-order valence-electron chi connectivity index (χ1n) is 6.62. The normalized spacial score (nSPS) is 11.2. The maximum absolute atomic E-state index is 4.52. The number of anilines is 1. The van der Waals surface area contributed by atoms with Crippen molar-refractivity contribution in [3.05, 3.63) is 36.5 Å².